The summed E-state index contributed by atoms with van der Waals surface area (Å²) < 4.78 is 0. The highest BCUT2D eigenvalue weighted by atomic mass is 14.5. The van der Waals surface area contributed by atoms with Gasteiger partial charge in [-0.3, -0.25) is 10.8 Å². The van der Waals surface area contributed by atoms with Crippen LogP contribution < -0.4 is 0 Å². The summed E-state index contributed by atoms with van der Waals surface area (Å²) in [5.74, 6) is 0. The van der Waals surface area contributed by atoms with E-state index >= 15 is 0 Å². The molecule has 0 saturated heterocycles. The molecule has 0 heterocycles. The maximum Gasteiger partial charge on any atom is 0.0783 e. The highest BCUT2D eigenvalue weighted by molar-refractivity contribution is 6.47. The van der Waals surface area contributed by atoms with Crippen molar-refractivity contribution in [1.82, 2.24) is 0 Å². The molecule has 0 bridgehead atoms. The molecule has 0 aliphatic rings. The van der Waals surface area contributed by atoms with Crippen LogP contribution in [0.15, 0.2) is 25.3 Å². The lowest BCUT2D eigenvalue weighted by Crippen LogP contribution is -2.03. The van der Waals surface area contributed by atoms with Crippen LogP contribution in [-0.4, -0.2) is 11.4 Å². The molecule has 10 heavy (non-hydrogen) atoms. The van der Waals surface area contributed by atoms with Crippen LogP contribution in [-0.2, 0) is 0 Å². The Morgan fingerprint density at radius 1 is 1.00 bits per heavy atom. The lowest BCUT2D eigenvalue weighted by atomic mass is 10.2. The maximum atomic E-state index is 6.93. The van der Waals surface area contributed by atoms with Crippen LogP contribution in [0.4, 0.5) is 0 Å². The Morgan fingerprint density at radius 2 is 1.20 bits per heavy atom. The molecule has 0 aromatic rings. The van der Waals surface area contributed by atoms with Crippen molar-refractivity contribution in [2.75, 3.05) is 0 Å². The molecule has 0 unspecified atom stereocenters. The maximum absolute atomic E-state index is 6.93. The van der Waals surface area contributed by atoms with E-state index in [1.54, 1.807) is 0 Å². The first kappa shape index (κ1) is 11.6. The first-order valence-corrected chi connectivity index (χ1v) is 3.14. The zero-order chi connectivity index (χ0) is 8.57. The van der Waals surface area contributed by atoms with E-state index in [-0.39, 0.29) is 11.4 Å². The fourth-order valence-corrected chi connectivity index (χ4v) is 0.220. The Hall–Kier alpha value is -1.18. The van der Waals surface area contributed by atoms with E-state index in [1.807, 2.05) is 13.8 Å². The van der Waals surface area contributed by atoms with E-state index in [2.05, 4.69) is 13.2 Å². The van der Waals surface area contributed by atoms with Gasteiger partial charge in [-0.1, -0.05) is 27.0 Å². The van der Waals surface area contributed by atoms with Gasteiger partial charge in [0.2, 0.25) is 0 Å². The van der Waals surface area contributed by atoms with E-state index < -0.39 is 0 Å². The Labute approximate surface area is 62.3 Å². The first-order valence-electron chi connectivity index (χ1n) is 3.14. The molecule has 2 heteroatoms. The van der Waals surface area contributed by atoms with Gasteiger partial charge in [-0.25, -0.2) is 0 Å². The van der Waals surface area contributed by atoms with Crippen molar-refractivity contribution in [3.8, 4) is 0 Å². The Balaban J connectivity index is 0. The average Bonchev–Trinajstić information content (AvgIpc) is 2.05. The topological polar surface area (TPSA) is 47.7 Å². The van der Waals surface area contributed by atoms with E-state index in [4.69, 9.17) is 10.8 Å². The summed E-state index contributed by atoms with van der Waals surface area (Å²) in [6, 6.07) is 0. The summed E-state index contributed by atoms with van der Waals surface area (Å²) in [6.45, 7) is 10.6. The lowest BCUT2D eigenvalue weighted by molar-refractivity contribution is 1.50. The third kappa shape index (κ3) is 4.97. The molecule has 56 valence electrons. The zero-order valence-corrected chi connectivity index (χ0v) is 6.57. The predicted molar refractivity (Wildman–Crippen MR) is 47.2 cm³/mol. The Kier molecular flexibility index (Phi) is 9.07. The minimum Gasteiger partial charge on any atom is -0.299 e. The molecule has 0 aromatic carbocycles. The van der Waals surface area contributed by atoms with Crippen molar-refractivity contribution in [3.63, 3.8) is 0 Å². The van der Waals surface area contributed by atoms with Gasteiger partial charge in [0, 0.05) is 0 Å². The van der Waals surface area contributed by atoms with Crippen LogP contribution in [0.5, 0.6) is 0 Å². The largest absolute Gasteiger partial charge is 0.299 e. The van der Waals surface area contributed by atoms with Crippen LogP contribution in [0.25, 0.3) is 0 Å². The second-order valence-corrected chi connectivity index (χ2v) is 1.24. The molecule has 0 rings (SSSR count). The minimum atomic E-state index is 0.111. The van der Waals surface area contributed by atoms with Gasteiger partial charge in [0.05, 0.1) is 11.4 Å². The molecule has 0 saturated carbocycles. The highest BCUT2D eigenvalue weighted by Gasteiger charge is 1.90. The predicted octanol–water partition coefficient (Wildman–Crippen LogP) is 2.42. The van der Waals surface area contributed by atoms with Crippen LogP contribution in [0, 0.1) is 10.8 Å². The van der Waals surface area contributed by atoms with E-state index in [1.165, 1.54) is 12.2 Å². The highest BCUT2D eigenvalue weighted by Crippen LogP contribution is 1.78. The summed E-state index contributed by atoms with van der Waals surface area (Å²) >= 11 is 0. The molecular formula is C8H14N2. The SMILES string of the molecule is C=CC(=N)C(=N)C=C.CC. The minimum absolute atomic E-state index is 0.111. The van der Waals surface area contributed by atoms with Crippen LogP contribution in [0.2, 0.25) is 0 Å². The fourth-order valence-electron chi connectivity index (χ4n) is 0.220. The number of hydrogen-bond acceptors (Lipinski definition) is 2. The van der Waals surface area contributed by atoms with Crippen LogP contribution >= 0.6 is 0 Å². The summed E-state index contributed by atoms with van der Waals surface area (Å²) in [6.07, 6.45) is 2.62. The third-order valence-corrected chi connectivity index (χ3v) is 0.698. The number of rotatable bonds is 3. The average molecular weight is 138 g/mol. The van der Waals surface area contributed by atoms with E-state index in [0.29, 0.717) is 0 Å². The normalized spacial score (nSPS) is 6.60. The lowest BCUT2D eigenvalue weighted by Gasteiger charge is -1.88. The molecule has 0 fully saturated rings. The van der Waals surface area contributed by atoms with Gasteiger partial charge in [-0.2, -0.15) is 0 Å². The monoisotopic (exact) mass is 138 g/mol. The molecular weight excluding hydrogens is 124 g/mol. The molecule has 2 N–H and O–H groups in total. The van der Waals surface area contributed by atoms with Crippen molar-refractivity contribution in [1.29, 1.82) is 10.8 Å². The van der Waals surface area contributed by atoms with Gasteiger partial charge in [-0.05, 0) is 12.2 Å². The molecule has 0 radical (unpaired) electrons. The standard InChI is InChI=1S/C6H8N2.C2H6/c1-3-5(7)6(8)4-2;1-2/h3-4,7-8H,1-2H2;1-2H3. The second kappa shape index (κ2) is 7.82. The van der Waals surface area contributed by atoms with Gasteiger partial charge in [0.25, 0.3) is 0 Å². The van der Waals surface area contributed by atoms with Crippen molar-refractivity contribution < 1.29 is 0 Å². The van der Waals surface area contributed by atoms with Gasteiger partial charge >= 0.3 is 0 Å². The van der Waals surface area contributed by atoms with Gasteiger partial charge in [0.15, 0.2) is 0 Å². The second-order valence-electron chi connectivity index (χ2n) is 1.24. The molecule has 0 atom stereocenters. The smallest absolute Gasteiger partial charge is 0.0783 e. The number of allylic oxidation sites excluding steroid dienone is 2. The van der Waals surface area contributed by atoms with Crippen molar-refractivity contribution in [3.05, 3.63) is 25.3 Å². The fraction of sp³-hybridized carbons (Fsp3) is 0.250. The van der Waals surface area contributed by atoms with Gasteiger partial charge in [-0.15, -0.1) is 0 Å². The van der Waals surface area contributed by atoms with Crippen molar-refractivity contribution in [2.45, 2.75) is 13.8 Å². The number of hydrogen-bond donors (Lipinski definition) is 2. The van der Waals surface area contributed by atoms with Crippen LogP contribution in [0.3, 0.4) is 0 Å². The molecule has 0 amide bonds. The molecule has 0 aliphatic heterocycles. The molecule has 0 spiro atoms. The van der Waals surface area contributed by atoms with Crippen LogP contribution in [0.1, 0.15) is 13.8 Å². The summed E-state index contributed by atoms with van der Waals surface area (Å²) in [5, 5.41) is 13.9. The van der Waals surface area contributed by atoms with Crippen molar-refractivity contribution in [2.24, 2.45) is 0 Å². The Morgan fingerprint density at radius 3 is 1.30 bits per heavy atom. The zero-order valence-electron chi connectivity index (χ0n) is 6.57. The van der Waals surface area contributed by atoms with E-state index in [9.17, 15) is 0 Å². The van der Waals surface area contributed by atoms with Crippen molar-refractivity contribution >= 4 is 11.4 Å². The number of nitrogens with one attached hydrogen (secondary N) is 2. The quantitative estimate of drug-likeness (QED) is 0.563. The summed E-state index contributed by atoms with van der Waals surface area (Å²) in [4.78, 5) is 0. The Bertz CT molecular complexity index is 127. The molecule has 0 aliphatic carbocycles. The van der Waals surface area contributed by atoms with E-state index in [0.717, 1.165) is 0 Å². The van der Waals surface area contributed by atoms with Gasteiger partial charge in [0.1, 0.15) is 0 Å². The summed E-state index contributed by atoms with van der Waals surface area (Å²) in [7, 11) is 0. The molecule has 2 nitrogen and oxygen atoms in total. The van der Waals surface area contributed by atoms with Gasteiger partial charge < -0.3 is 0 Å². The first-order chi connectivity index (χ1) is 4.72. The molecule has 0 aromatic heterocycles. The summed E-state index contributed by atoms with van der Waals surface area (Å²) in [5.41, 5.74) is 0.222. The third-order valence-electron chi connectivity index (χ3n) is 0.698.